The highest BCUT2D eigenvalue weighted by molar-refractivity contribution is 5.97. The van der Waals surface area contributed by atoms with Crippen LogP contribution in [-0.2, 0) is 9.53 Å². The molecule has 1 atom stereocenters. The highest BCUT2D eigenvalue weighted by Gasteiger charge is 2.30. The molecule has 1 saturated carbocycles. The van der Waals surface area contributed by atoms with Crippen molar-refractivity contribution < 1.29 is 14.6 Å². The second kappa shape index (κ2) is 5.48. The lowest BCUT2D eigenvalue weighted by molar-refractivity contribution is -0.130. The molecule has 90 valence electrons. The van der Waals surface area contributed by atoms with Crippen molar-refractivity contribution in [1.82, 2.24) is 0 Å². The summed E-state index contributed by atoms with van der Waals surface area (Å²) in [5.41, 5.74) is 0. The maximum atomic E-state index is 12.0. The van der Waals surface area contributed by atoms with E-state index in [1.807, 2.05) is 6.08 Å². The largest absolute Gasteiger partial charge is 0.490 e. The Hall–Kier alpha value is -0.830. The van der Waals surface area contributed by atoms with E-state index in [4.69, 9.17) is 4.74 Å². The average Bonchev–Trinajstić information content (AvgIpc) is 2.39. The van der Waals surface area contributed by atoms with Crippen LogP contribution in [0.5, 0.6) is 0 Å². The van der Waals surface area contributed by atoms with Crippen molar-refractivity contribution in [1.29, 1.82) is 0 Å². The molecule has 2 aliphatic rings. The molecule has 0 aromatic heterocycles. The third-order valence-corrected chi connectivity index (χ3v) is 3.54. The van der Waals surface area contributed by atoms with Gasteiger partial charge in [0.15, 0.2) is 5.76 Å². The van der Waals surface area contributed by atoms with Crippen LogP contribution in [0.4, 0.5) is 0 Å². The van der Waals surface area contributed by atoms with Gasteiger partial charge in [-0.05, 0) is 37.7 Å². The molecule has 1 fully saturated rings. The molecule has 0 aromatic carbocycles. The van der Waals surface area contributed by atoms with Gasteiger partial charge in [-0.15, -0.1) is 0 Å². The molecule has 1 heterocycles. The summed E-state index contributed by atoms with van der Waals surface area (Å²) in [7, 11) is 0. The highest BCUT2D eigenvalue weighted by atomic mass is 16.5. The third kappa shape index (κ3) is 2.64. The van der Waals surface area contributed by atoms with Gasteiger partial charge in [0.05, 0.1) is 6.61 Å². The van der Waals surface area contributed by atoms with Gasteiger partial charge in [0.25, 0.3) is 0 Å². The second-order valence-corrected chi connectivity index (χ2v) is 4.77. The lowest BCUT2D eigenvalue weighted by atomic mass is 9.83. The lowest BCUT2D eigenvalue weighted by Gasteiger charge is -2.26. The number of carbonyl (C=O) groups excluding carboxylic acids is 1. The number of hydrogen-bond acceptors (Lipinski definition) is 3. The number of Topliss-reactive ketones (excluding diaryl/α,β-unsaturated/α-hetero) is 1. The van der Waals surface area contributed by atoms with Crippen LogP contribution in [0.3, 0.4) is 0 Å². The fourth-order valence-corrected chi connectivity index (χ4v) is 2.54. The minimum absolute atomic E-state index is 0.146. The van der Waals surface area contributed by atoms with Crippen molar-refractivity contribution >= 4 is 5.78 Å². The molecule has 0 saturated heterocycles. The van der Waals surface area contributed by atoms with E-state index in [0.717, 1.165) is 38.5 Å². The number of ketones is 1. The zero-order chi connectivity index (χ0) is 11.4. The Morgan fingerprint density at radius 3 is 2.69 bits per heavy atom. The maximum Gasteiger partial charge on any atom is 0.225 e. The van der Waals surface area contributed by atoms with Crippen molar-refractivity contribution in [2.75, 3.05) is 6.61 Å². The molecule has 0 aromatic rings. The molecular weight excluding hydrogens is 204 g/mol. The van der Waals surface area contributed by atoms with Crippen molar-refractivity contribution in [3.8, 4) is 0 Å². The van der Waals surface area contributed by atoms with E-state index in [2.05, 4.69) is 0 Å². The summed E-state index contributed by atoms with van der Waals surface area (Å²) in [5, 5.41) is 10.0. The molecular formula is C13H20O3. The minimum atomic E-state index is -0.843. The summed E-state index contributed by atoms with van der Waals surface area (Å²) in [6.07, 6.45) is 8.28. The van der Waals surface area contributed by atoms with Crippen molar-refractivity contribution in [3.05, 3.63) is 11.8 Å². The van der Waals surface area contributed by atoms with Crippen LogP contribution in [0.25, 0.3) is 0 Å². The molecule has 1 aliphatic carbocycles. The Labute approximate surface area is 96.5 Å². The van der Waals surface area contributed by atoms with E-state index in [1.54, 1.807) is 0 Å². The van der Waals surface area contributed by atoms with E-state index in [9.17, 15) is 9.90 Å². The van der Waals surface area contributed by atoms with Gasteiger partial charge >= 0.3 is 0 Å². The fraction of sp³-hybridized carbons (Fsp3) is 0.769. The number of carbonyl (C=O) groups is 1. The zero-order valence-corrected chi connectivity index (χ0v) is 9.65. The molecule has 0 radical (unpaired) electrons. The van der Waals surface area contributed by atoms with Gasteiger partial charge in [0.1, 0.15) is 6.10 Å². The Balaban J connectivity index is 1.94. The summed E-state index contributed by atoms with van der Waals surface area (Å²) < 4.78 is 5.30. The normalized spacial score (nSPS) is 24.4. The monoisotopic (exact) mass is 224 g/mol. The van der Waals surface area contributed by atoms with Gasteiger partial charge in [-0.25, -0.2) is 0 Å². The standard InChI is InChI=1S/C13H20O3/c14-12(10-6-2-1-3-7-10)13(15)11-8-4-5-9-16-11/h8,10,12,14H,1-7,9H2. The average molecular weight is 224 g/mol. The van der Waals surface area contributed by atoms with Gasteiger partial charge in [-0.3, -0.25) is 4.79 Å². The smallest absolute Gasteiger partial charge is 0.225 e. The summed E-state index contributed by atoms with van der Waals surface area (Å²) in [6.45, 7) is 0.606. The number of hydrogen-bond donors (Lipinski definition) is 1. The molecule has 0 amide bonds. The molecule has 2 rings (SSSR count). The number of ether oxygens (including phenoxy) is 1. The first-order chi connectivity index (χ1) is 7.79. The van der Waals surface area contributed by atoms with Crippen LogP contribution >= 0.6 is 0 Å². The van der Waals surface area contributed by atoms with E-state index in [0.29, 0.717) is 12.4 Å². The van der Waals surface area contributed by atoms with Gasteiger partial charge in [-0.2, -0.15) is 0 Å². The lowest BCUT2D eigenvalue weighted by Crippen LogP contribution is -2.33. The first-order valence-corrected chi connectivity index (χ1v) is 6.34. The molecule has 3 heteroatoms. The Kier molecular flexibility index (Phi) is 3.99. The van der Waals surface area contributed by atoms with Crippen LogP contribution in [-0.4, -0.2) is 23.6 Å². The van der Waals surface area contributed by atoms with Crippen molar-refractivity contribution in [2.24, 2.45) is 5.92 Å². The van der Waals surface area contributed by atoms with E-state index in [1.165, 1.54) is 6.42 Å². The highest BCUT2D eigenvalue weighted by Crippen LogP contribution is 2.28. The summed E-state index contributed by atoms with van der Waals surface area (Å²) in [5.74, 6) is 0.337. The summed E-state index contributed by atoms with van der Waals surface area (Å²) >= 11 is 0. The second-order valence-electron chi connectivity index (χ2n) is 4.77. The first kappa shape index (κ1) is 11.6. The van der Waals surface area contributed by atoms with E-state index >= 15 is 0 Å². The molecule has 1 aliphatic heterocycles. The van der Waals surface area contributed by atoms with Gasteiger partial charge < -0.3 is 9.84 Å². The number of rotatable bonds is 3. The molecule has 16 heavy (non-hydrogen) atoms. The molecule has 0 spiro atoms. The number of allylic oxidation sites excluding steroid dienone is 1. The molecule has 1 N–H and O–H groups in total. The van der Waals surface area contributed by atoms with Crippen LogP contribution < -0.4 is 0 Å². The van der Waals surface area contributed by atoms with E-state index < -0.39 is 6.10 Å². The topological polar surface area (TPSA) is 46.5 Å². The number of aliphatic hydroxyl groups is 1. The van der Waals surface area contributed by atoms with Crippen LogP contribution in [0, 0.1) is 5.92 Å². The van der Waals surface area contributed by atoms with Crippen molar-refractivity contribution in [2.45, 2.75) is 51.0 Å². The third-order valence-electron chi connectivity index (χ3n) is 3.54. The van der Waals surface area contributed by atoms with Gasteiger partial charge in [-0.1, -0.05) is 19.3 Å². The zero-order valence-electron chi connectivity index (χ0n) is 9.65. The first-order valence-electron chi connectivity index (χ1n) is 6.34. The van der Waals surface area contributed by atoms with Crippen LogP contribution in [0.2, 0.25) is 0 Å². The quantitative estimate of drug-likeness (QED) is 0.799. The predicted molar refractivity (Wildman–Crippen MR) is 60.9 cm³/mol. The Morgan fingerprint density at radius 1 is 1.31 bits per heavy atom. The minimum Gasteiger partial charge on any atom is -0.490 e. The molecule has 0 bridgehead atoms. The summed E-state index contributed by atoms with van der Waals surface area (Å²) in [6, 6.07) is 0. The predicted octanol–water partition coefficient (Wildman–Crippen LogP) is 2.19. The van der Waals surface area contributed by atoms with Gasteiger partial charge in [0, 0.05) is 0 Å². The van der Waals surface area contributed by atoms with Crippen molar-refractivity contribution in [3.63, 3.8) is 0 Å². The SMILES string of the molecule is O=C(C1=CCCCO1)C(O)C1CCCCC1. The maximum absolute atomic E-state index is 12.0. The number of aliphatic hydroxyl groups excluding tert-OH is 1. The molecule has 3 nitrogen and oxygen atoms in total. The Morgan fingerprint density at radius 2 is 2.06 bits per heavy atom. The summed E-state index contributed by atoms with van der Waals surface area (Å²) in [4.78, 5) is 12.0. The van der Waals surface area contributed by atoms with Crippen LogP contribution in [0.1, 0.15) is 44.9 Å². The van der Waals surface area contributed by atoms with E-state index in [-0.39, 0.29) is 11.7 Å². The van der Waals surface area contributed by atoms with Crippen LogP contribution in [0.15, 0.2) is 11.8 Å². The van der Waals surface area contributed by atoms with Gasteiger partial charge in [0.2, 0.25) is 5.78 Å². The molecule has 1 unspecified atom stereocenters. The Bertz CT molecular complexity index is 277. The fourth-order valence-electron chi connectivity index (χ4n) is 2.54.